The van der Waals surface area contributed by atoms with Crippen molar-refractivity contribution in [1.82, 2.24) is 9.97 Å². The van der Waals surface area contributed by atoms with Crippen LogP contribution in [-0.2, 0) is 6.18 Å². The van der Waals surface area contributed by atoms with Crippen molar-refractivity contribution in [1.29, 1.82) is 0 Å². The summed E-state index contributed by atoms with van der Waals surface area (Å²) in [4.78, 5) is 6.28. The molecule has 0 aliphatic carbocycles. The molecule has 0 amide bonds. The fraction of sp³-hybridized carbons (Fsp3) is 0.100. The fourth-order valence-corrected chi connectivity index (χ4v) is 1.73. The molecule has 1 aromatic carbocycles. The number of anilines is 1. The van der Waals surface area contributed by atoms with Crippen LogP contribution in [0.4, 0.5) is 19.0 Å². The van der Waals surface area contributed by atoms with Gasteiger partial charge in [0.2, 0.25) is 0 Å². The van der Waals surface area contributed by atoms with Crippen LogP contribution in [0.1, 0.15) is 5.56 Å². The molecule has 17 heavy (non-hydrogen) atoms. The highest BCUT2D eigenvalue weighted by Gasteiger charge is 2.35. The number of nitrogens with two attached hydrogens (primary N) is 1. The number of H-pyrrole nitrogens is 1. The summed E-state index contributed by atoms with van der Waals surface area (Å²) in [5.74, 6) is 0.175. The second-order valence-corrected chi connectivity index (χ2v) is 3.75. The van der Waals surface area contributed by atoms with Crippen LogP contribution < -0.4 is 5.73 Å². The van der Waals surface area contributed by atoms with Gasteiger partial charge in [0.1, 0.15) is 11.6 Å². The first-order chi connectivity index (χ1) is 7.89. The van der Waals surface area contributed by atoms with E-state index in [1.807, 2.05) is 0 Å². The van der Waals surface area contributed by atoms with Gasteiger partial charge in [-0.2, -0.15) is 13.2 Å². The van der Waals surface area contributed by atoms with Gasteiger partial charge in [-0.05, 0) is 12.1 Å². The second-order valence-electron chi connectivity index (χ2n) is 3.35. The molecule has 0 bridgehead atoms. The van der Waals surface area contributed by atoms with Gasteiger partial charge in [0.15, 0.2) is 0 Å². The molecule has 0 unspecified atom stereocenters. The second kappa shape index (κ2) is 3.96. The maximum atomic E-state index is 12.8. The normalized spacial score (nSPS) is 11.8. The molecule has 0 atom stereocenters. The molecule has 1 aromatic heterocycles. The van der Waals surface area contributed by atoms with Crippen molar-refractivity contribution in [2.75, 3.05) is 5.73 Å². The molecule has 3 nitrogen and oxygen atoms in total. The lowest BCUT2D eigenvalue weighted by Crippen LogP contribution is -2.07. The van der Waals surface area contributed by atoms with Crippen LogP contribution in [0.25, 0.3) is 11.4 Å². The van der Waals surface area contributed by atoms with Gasteiger partial charge in [0.05, 0.1) is 16.8 Å². The Bertz CT molecular complexity index is 548. The van der Waals surface area contributed by atoms with Gasteiger partial charge in [0, 0.05) is 5.56 Å². The van der Waals surface area contributed by atoms with E-state index in [2.05, 4.69) is 9.97 Å². The highest BCUT2D eigenvalue weighted by Crippen LogP contribution is 2.39. The summed E-state index contributed by atoms with van der Waals surface area (Å²) >= 11 is 5.78. The largest absolute Gasteiger partial charge is 0.417 e. The Balaban J connectivity index is 2.67. The number of hydrogen-bond acceptors (Lipinski definition) is 2. The maximum Gasteiger partial charge on any atom is 0.417 e. The lowest BCUT2D eigenvalue weighted by molar-refractivity contribution is -0.137. The van der Waals surface area contributed by atoms with Gasteiger partial charge in [-0.15, -0.1) is 0 Å². The molecule has 0 aliphatic heterocycles. The number of alkyl halides is 3. The molecule has 0 aliphatic rings. The van der Waals surface area contributed by atoms with Gasteiger partial charge in [-0.1, -0.05) is 17.7 Å². The highest BCUT2D eigenvalue weighted by molar-refractivity contribution is 6.33. The SMILES string of the molecule is Nc1cnc(-c2c(Cl)cccc2C(F)(F)F)[nH]1. The highest BCUT2D eigenvalue weighted by atomic mass is 35.5. The lowest BCUT2D eigenvalue weighted by atomic mass is 10.1. The first kappa shape index (κ1) is 11.8. The third-order valence-corrected chi connectivity index (χ3v) is 2.47. The van der Waals surface area contributed by atoms with Crippen LogP contribution in [-0.4, -0.2) is 9.97 Å². The predicted molar refractivity (Wildman–Crippen MR) is 58.4 cm³/mol. The lowest BCUT2D eigenvalue weighted by Gasteiger charge is -2.12. The Labute approximate surface area is 99.4 Å². The minimum atomic E-state index is -4.50. The van der Waals surface area contributed by atoms with E-state index in [0.29, 0.717) is 0 Å². The quantitative estimate of drug-likeness (QED) is 0.827. The van der Waals surface area contributed by atoms with Crippen molar-refractivity contribution in [3.05, 3.63) is 35.0 Å². The summed E-state index contributed by atoms with van der Waals surface area (Å²) in [7, 11) is 0. The summed E-state index contributed by atoms with van der Waals surface area (Å²) in [5, 5.41) is -0.0332. The number of nitrogen functional groups attached to an aromatic ring is 1. The van der Waals surface area contributed by atoms with Crippen LogP contribution >= 0.6 is 11.6 Å². The Morgan fingerprint density at radius 1 is 1.29 bits per heavy atom. The summed E-state index contributed by atoms with van der Waals surface area (Å²) in [6.07, 6.45) is -3.26. The molecule has 0 saturated carbocycles. The number of nitrogens with one attached hydrogen (secondary N) is 1. The molecule has 90 valence electrons. The van der Waals surface area contributed by atoms with Crippen molar-refractivity contribution in [3.8, 4) is 11.4 Å². The zero-order chi connectivity index (χ0) is 12.6. The van der Waals surface area contributed by atoms with Crippen LogP contribution in [0.2, 0.25) is 5.02 Å². The van der Waals surface area contributed by atoms with E-state index >= 15 is 0 Å². The molecule has 0 radical (unpaired) electrons. The average Bonchev–Trinajstić information content (AvgIpc) is 2.63. The average molecular weight is 262 g/mol. The summed E-state index contributed by atoms with van der Waals surface area (Å²) in [6.45, 7) is 0. The number of aromatic amines is 1. The Morgan fingerprint density at radius 2 is 2.00 bits per heavy atom. The van der Waals surface area contributed by atoms with Crippen molar-refractivity contribution < 1.29 is 13.2 Å². The monoisotopic (exact) mass is 261 g/mol. The van der Waals surface area contributed by atoms with Crippen molar-refractivity contribution in [3.63, 3.8) is 0 Å². The zero-order valence-corrected chi connectivity index (χ0v) is 9.10. The topological polar surface area (TPSA) is 54.7 Å². The molecule has 1 heterocycles. The number of halogens is 4. The number of benzene rings is 1. The number of hydrogen-bond donors (Lipinski definition) is 2. The minimum absolute atomic E-state index is 0.000394. The van der Waals surface area contributed by atoms with E-state index in [1.165, 1.54) is 18.3 Å². The maximum absolute atomic E-state index is 12.8. The summed E-state index contributed by atoms with van der Waals surface area (Å²) < 4.78 is 38.4. The Morgan fingerprint density at radius 3 is 2.53 bits per heavy atom. The van der Waals surface area contributed by atoms with Crippen LogP contribution in [0, 0.1) is 0 Å². The zero-order valence-electron chi connectivity index (χ0n) is 8.35. The van der Waals surface area contributed by atoms with Crippen molar-refractivity contribution in [2.24, 2.45) is 0 Å². The van der Waals surface area contributed by atoms with Gasteiger partial charge in [-0.25, -0.2) is 4.98 Å². The fourth-order valence-electron chi connectivity index (χ4n) is 1.46. The number of imidazole rings is 1. The van der Waals surface area contributed by atoms with Gasteiger partial charge in [0.25, 0.3) is 0 Å². The van der Waals surface area contributed by atoms with E-state index in [1.54, 1.807) is 0 Å². The summed E-state index contributed by atoms with van der Waals surface area (Å²) in [5.41, 5.74) is 4.34. The smallest absolute Gasteiger partial charge is 0.384 e. The van der Waals surface area contributed by atoms with Crippen molar-refractivity contribution in [2.45, 2.75) is 6.18 Å². The summed E-state index contributed by atoms with van der Waals surface area (Å²) in [6, 6.07) is 3.55. The third-order valence-electron chi connectivity index (χ3n) is 2.15. The van der Waals surface area contributed by atoms with Crippen LogP contribution in [0.3, 0.4) is 0 Å². The molecular formula is C10H7ClF3N3. The Hall–Kier alpha value is -1.69. The van der Waals surface area contributed by atoms with Crippen LogP contribution in [0.5, 0.6) is 0 Å². The van der Waals surface area contributed by atoms with E-state index in [4.69, 9.17) is 17.3 Å². The van der Waals surface area contributed by atoms with E-state index in [9.17, 15) is 13.2 Å². The van der Waals surface area contributed by atoms with Gasteiger partial charge in [-0.3, -0.25) is 0 Å². The van der Waals surface area contributed by atoms with E-state index in [-0.39, 0.29) is 22.2 Å². The third kappa shape index (κ3) is 2.21. The predicted octanol–water partition coefficient (Wildman–Crippen LogP) is 3.33. The van der Waals surface area contributed by atoms with Crippen molar-refractivity contribution >= 4 is 17.4 Å². The molecule has 2 aromatic rings. The molecule has 7 heteroatoms. The molecule has 0 spiro atoms. The molecule has 2 rings (SSSR count). The number of rotatable bonds is 1. The molecule has 3 N–H and O–H groups in total. The minimum Gasteiger partial charge on any atom is -0.384 e. The van der Waals surface area contributed by atoms with Crippen LogP contribution in [0.15, 0.2) is 24.4 Å². The molecular weight excluding hydrogens is 255 g/mol. The Kier molecular flexibility index (Phi) is 2.74. The van der Waals surface area contributed by atoms with Gasteiger partial charge >= 0.3 is 6.18 Å². The molecule has 0 fully saturated rings. The van der Waals surface area contributed by atoms with E-state index in [0.717, 1.165) is 6.07 Å². The van der Waals surface area contributed by atoms with E-state index < -0.39 is 11.7 Å². The number of nitrogens with zero attached hydrogens (tertiary/aromatic N) is 1. The van der Waals surface area contributed by atoms with Gasteiger partial charge < -0.3 is 10.7 Å². The number of aromatic nitrogens is 2. The first-order valence-corrected chi connectivity index (χ1v) is 4.94. The standard InChI is InChI=1S/C10H7ClF3N3/c11-6-3-1-2-5(10(12,13)14)8(6)9-16-4-7(15)17-9/h1-4H,15H2,(H,16,17). The molecule has 0 saturated heterocycles. The first-order valence-electron chi connectivity index (χ1n) is 4.56.